The number of benzene rings is 1. The molecular formula is C12H18ClN3O3. The van der Waals surface area contributed by atoms with Gasteiger partial charge in [0, 0.05) is 25.1 Å². The molecule has 0 saturated heterocycles. The number of amides is 1. The van der Waals surface area contributed by atoms with Crippen LogP contribution >= 0.6 is 12.4 Å². The van der Waals surface area contributed by atoms with E-state index in [2.05, 4.69) is 5.32 Å². The minimum atomic E-state index is -0.447. The number of non-ortho nitro benzene ring substituents is 1. The lowest BCUT2D eigenvalue weighted by atomic mass is 10.0. The van der Waals surface area contributed by atoms with E-state index in [1.165, 1.54) is 12.1 Å². The number of hydrogen-bond acceptors (Lipinski definition) is 4. The van der Waals surface area contributed by atoms with Crippen LogP contribution in [0.2, 0.25) is 0 Å². The molecule has 1 unspecified atom stereocenters. The predicted octanol–water partition coefficient (Wildman–Crippen LogP) is 1.93. The number of carbonyl (C=O) groups is 1. The summed E-state index contributed by atoms with van der Waals surface area (Å²) in [5, 5.41) is 13.5. The third-order valence-corrected chi connectivity index (χ3v) is 2.60. The van der Waals surface area contributed by atoms with Gasteiger partial charge in [-0.1, -0.05) is 19.1 Å². The van der Waals surface area contributed by atoms with Gasteiger partial charge in [-0.2, -0.15) is 0 Å². The van der Waals surface area contributed by atoms with E-state index >= 15 is 0 Å². The number of nitrogens with two attached hydrogens (primary N) is 1. The predicted molar refractivity (Wildman–Crippen MR) is 75.2 cm³/mol. The fourth-order valence-electron chi connectivity index (χ4n) is 1.67. The van der Waals surface area contributed by atoms with E-state index in [4.69, 9.17) is 5.73 Å². The van der Waals surface area contributed by atoms with Gasteiger partial charge in [0.1, 0.15) is 0 Å². The summed E-state index contributed by atoms with van der Waals surface area (Å²) in [5.74, 6) is -0.143. The van der Waals surface area contributed by atoms with Gasteiger partial charge in [0.25, 0.3) is 5.69 Å². The Morgan fingerprint density at radius 3 is 2.74 bits per heavy atom. The van der Waals surface area contributed by atoms with Gasteiger partial charge in [0.15, 0.2) is 0 Å². The lowest BCUT2D eigenvalue weighted by Gasteiger charge is -2.17. The van der Waals surface area contributed by atoms with Crippen LogP contribution in [0.15, 0.2) is 24.3 Å². The first kappa shape index (κ1) is 17.3. The molecule has 0 saturated carbocycles. The summed E-state index contributed by atoms with van der Waals surface area (Å²) in [6, 6.07) is 6.08. The van der Waals surface area contributed by atoms with E-state index in [0.717, 1.165) is 5.56 Å². The number of hydrogen-bond donors (Lipinski definition) is 2. The number of nitrogens with zero attached hydrogens (tertiary/aromatic N) is 1. The Hall–Kier alpha value is -1.66. The van der Waals surface area contributed by atoms with Gasteiger partial charge in [0.05, 0.1) is 11.0 Å². The number of halogens is 1. The van der Waals surface area contributed by atoms with Crippen LogP contribution in [0.4, 0.5) is 5.69 Å². The average Bonchev–Trinajstić information content (AvgIpc) is 2.36. The largest absolute Gasteiger partial charge is 0.349 e. The van der Waals surface area contributed by atoms with Crippen molar-refractivity contribution in [1.29, 1.82) is 0 Å². The van der Waals surface area contributed by atoms with Crippen LogP contribution in [-0.4, -0.2) is 17.4 Å². The number of carbonyl (C=O) groups excluding carboxylic acids is 1. The molecule has 0 aromatic heterocycles. The highest BCUT2D eigenvalue weighted by Gasteiger charge is 2.15. The molecule has 0 bridgehead atoms. The smallest absolute Gasteiger partial charge is 0.269 e. The first-order chi connectivity index (χ1) is 8.58. The summed E-state index contributed by atoms with van der Waals surface area (Å²) >= 11 is 0. The Bertz CT molecular complexity index is 440. The van der Waals surface area contributed by atoms with Crippen LogP contribution in [0.1, 0.15) is 31.4 Å². The molecule has 19 heavy (non-hydrogen) atoms. The molecular weight excluding hydrogens is 270 g/mol. The van der Waals surface area contributed by atoms with E-state index < -0.39 is 4.92 Å². The maximum Gasteiger partial charge on any atom is 0.269 e. The number of nitrogens with one attached hydrogen (secondary N) is 1. The summed E-state index contributed by atoms with van der Waals surface area (Å²) in [6.45, 7) is 2.20. The SMILES string of the molecule is CCC(NC(=O)CCN)c1cccc([N+](=O)[O-])c1.Cl. The van der Waals surface area contributed by atoms with Crippen molar-refractivity contribution in [3.8, 4) is 0 Å². The molecule has 1 aromatic rings. The Labute approximate surface area is 117 Å². The van der Waals surface area contributed by atoms with Gasteiger partial charge in [-0.05, 0) is 12.0 Å². The van der Waals surface area contributed by atoms with Crippen molar-refractivity contribution in [2.75, 3.05) is 6.54 Å². The lowest BCUT2D eigenvalue weighted by Crippen LogP contribution is -2.29. The zero-order valence-corrected chi connectivity index (χ0v) is 11.5. The third kappa shape index (κ3) is 5.23. The average molecular weight is 288 g/mol. The van der Waals surface area contributed by atoms with Crippen molar-refractivity contribution in [1.82, 2.24) is 5.32 Å². The molecule has 1 rings (SSSR count). The fraction of sp³-hybridized carbons (Fsp3) is 0.417. The van der Waals surface area contributed by atoms with Crippen LogP contribution in [0.5, 0.6) is 0 Å². The second-order valence-electron chi connectivity index (χ2n) is 3.92. The number of nitro benzene ring substituents is 1. The Morgan fingerprint density at radius 1 is 1.53 bits per heavy atom. The Kier molecular flexibility index (Phi) is 7.71. The highest BCUT2D eigenvalue weighted by molar-refractivity contribution is 5.85. The third-order valence-electron chi connectivity index (χ3n) is 2.60. The number of rotatable bonds is 6. The topological polar surface area (TPSA) is 98.3 Å². The van der Waals surface area contributed by atoms with E-state index in [-0.39, 0.29) is 43.0 Å². The van der Waals surface area contributed by atoms with Gasteiger partial charge < -0.3 is 11.1 Å². The van der Waals surface area contributed by atoms with Gasteiger partial charge in [-0.3, -0.25) is 14.9 Å². The lowest BCUT2D eigenvalue weighted by molar-refractivity contribution is -0.384. The first-order valence-electron chi connectivity index (χ1n) is 5.82. The van der Waals surface area contributed by atoms with Crippen LogP contribution < -0.4 is 11.1 Å². The maximum atomic E-state index is 11.5. The second-order valence-corrected chi connectivity index (χ2v) is 3.92. The van der Waals surface area contributed by atoms with Crippen molar-refractivity contribution in [2.24, 2.45) is 5.73 Å². The van der Waals surface area contributed by atoms with E-state index in [9.17, 15) is 14.9 Å². The summed E-state index contributed by atoms with van der Waals surface area (Å²) < 4.78 is 0. The van der Waals surface area contributed by atoms with Crippen molar-refractivity contribution >= 4 is 24.0 Å². The molecule has 0 aliphatic rings. The molecule has 7 heteroatoms. The number of nitro groups is 1. The van der Waals surface area contributed by atoms with Crippen molar-refractivity contribution < 1.29 is 9.72 Å². The van der Waals surface area contributed by atoms with Crippen LogP contribution in [0.3, 0.4) is 0 Å². The molecule has 6 nitrogen and oxygen atoms in total. The molecule has 106 valence electrons. The summed E-state index contributed by atoms with van der Waals surface area (Å²) in [4.78, 5) is 21.7. The molecule has 0 fully saturated rings. The highest BCUT2D eigenvalue weighted by atomic mass is 35.5. The van der Waals surface area contributed by atoms with Gasteiger partial charge in [-0.15, -0.1) is 12.4 Å². The van der Waals surface area contributed by atoms with Crippen molar-refractivity contribution in [3.63, 3.8) is 0 Å². The molecule has 3 N–H and O–H groups in total. The molecule has 1 atom stereocenters. The Balaban J connectivity index is 0.00000324. The maximum absolute atomic E-state index is 11.5. The normalized spacial score (nSPS) is 11.3. The van der Waals surface area contributed by atoms with Gasteiger partial charge in [0.2, 0.25) is 5.91 Å². The highest BCUT2D eigenvalue weighted by Crippen LogP contribution is 2.21. The zero-order chi connectivity index (χ0) is 13.5. The molecule has 0 spiro atoms. The van der Waals surface area contributed by atoms with E-state index in [1.54, 1.807) is 12.1 Å². The second kappa shape index (κ2) is 8.44. The summed E-state index contributed by atoms with van der Waals surface area (Å²) in [6.07, 6.45) is 0.920. The summed E-state index contributed by atoms with van der Waals surface area (Å²) in [7, 11) is 0. The van der Waals surface area contributed by atoms with Crippen LogP contribution in [0.25, 0.3) is 0 Å². The molecule has 0 heterocycles. The molecule has 0 aliphatic heterocycles. The molecule has 0 radical (unpaired) electrons. The molecule has 1 aromatic carbocycles. The zero-order valence-electron chi connectivity index (χ0n) is 10.7. The van der Waals surface area contributed by atoms with Crippen molar-refractivity contribution in [2.45, 2.75) is 25.8 Å². The minimum absolute atomic E-state index is 0. The van der Waals surface area contributed by atoms with Gasteiger partial charge >= 0.3 is 0 Å². The molecule has 1 amide bonds. The fourth-order valence-corrected chi connectivity index (χ4v) is 1.67. The first-order valence-corrected chi connectivity index (χ1v) is 5.82. The van der Waals surface area contributed by atoms with E-state index in [1.807, 2.05) is 6.92 Å². The van der Waals surface area contributed by atoms with Crippen LogP contribution in [-0.2, 0) is 4.79 Å². The monoisotopic (exact) mass is 287 g/mol. The minimum Gasteiger partial charge on any atom is -0.349 e. The summed E-state index contributed by atoms with van der Waals surface area (Å²) in [5.41, 5.74) is 6.06. The standard InChI is InChI=1S/C12H17N3O3.ClH/c1-2-11(14-12(16)6-7-13)9-4-3-5-10(8-9)15(17)18;/h3-5,8,11H,2,6-7,13H2,1H3,(H,14,16);1H. The van der Waals surface area contributed by atoms with Crippen LogP contribution in [0, 0.1) is 10.1 Å². The van der Waals surface area contributed by atoms with Gasteiger partial charge in [-0.25, -0.2) is 0 Å². The molecule has 0 aliphatic carbocycles. The Morgan fingerprint density at radius 2 is 2.21 bits per heavy atom. The van der Waals surface area contributed by atoms with E-state index in [0.29, 0.717) is 6.42 Å². The van der Waals surface area contributed by atoms with Crippen molar-refractivity contribution in [3.05, 3.63) is 39.9 Å². The quantitative estimate of drug-likeness (QED) is 0.617.